The number of fused-ring (bicyclic) bond motifs is 1. The van der Waals surface area contributed by atoms with Gasteiger partial charge < -0.3 is 14.6 Å². The zero-order valence-electron chi connectivity index (χ0n) is 10.5. The van der Waals surface area contributed by atoms with Gasteiger partial charge in [0.2, 0.25) is 6.79 Å². The van der Waals surface area contributed by atoms with Gasteiger partial charge in [-0.25, -0.2) is 0 Å². The first-order chi connectivity index (χ1) is 8.66. The van der Waals surface area contributed by atoms with Crippen LogP contribution in [0.25, 0.3) is 0 Å². The predicted molar refractivity (Wildman–Crippen MR) is 67.1 cm³/mol. The van der Waals surface area contributed by atoms with Crippen molar-refractivity contribution in [1.29, 1.82) is 0 Å². The number of benzene rings is 1. The van der Waals surface area contributed by atoms with Crippen LogP contribution in [0.2, 0.25) is 0 Å². The third-order valence-electron chi connectivity index (χ3n) is 3.24. The number of carbonyl (C=O) groups is 1. The molecule has 0 aliphatic carbocycles. The Bertz CT molecular complexity index is 428. The van der Waals surface area contributed by atoms with Crippen molar-refractivity contribution >= 4 is 5.97 Å². The van der Waals surface area contributed by atoms with Crippen LogP contribution in [0.3, 0.4) is 0 Å². The Morgan fingerprint density at radius 1 is 1.33 bits per heavy atom. The maximum atomic E-state index is 10.4. The van der Waals surface area contributed by atoms with Gasteiger partial charge in [0.15, 0.2) is 11.5 Å². The summed E-state index contributed by atoms with van der Waals surface area (Å²) in [4.78, 5) is 10.4. The van der Waals surface area contributed by atoms with E-state index in [0.717, 1.165) is 30.8 Å². The van der Waals surface area contributed by atoms with Crippen molar-refractivity contribution in [1.82, 2.24) is 0 Å². The van der Waals surface area contributed by atoms with E-state index in [1.165, 1.54) is 5.56 Å². The smallest absolute Gasteiger partial charge is 0.303 e. The standard InChI is InChI=1S/C14H18O4/c1-10(4-2-3-5-14(15)16)11-6-7-12-13(8-11)18-9-17-12/h6-8,10H,2-5,9H2,1H3,(H,15,16). The van der Waals surface area contributed by atoms with Crippen molar-refractivity contribution in [2.75, 3.05) is 6.79 Å². The maximum absolute atomic E-state index is 10.4. The van der Waals surface area contributed by atoms with E-state index in [2.05, 4.69) is 13.0 Å². The highest BCUT2D eigenvalue weighted by Crippen LogP contribution is 2.35. The molecule has 0 aromatic heterocycles. The lowest BCUT2D eigenvalue weighted by Gasteiger charge is -2.12. The molecule has 1 aliphatic rings. The Hall–Kier alpha value is -1.71. The number of hydrogen-bond donors (Lipinski definition) is 1. The number of hydrogen-bond acceptors (Lipinski definition) is 3. The molecule has 4 heteroatoms. The van der Waals surface area contributed by atoms with Crippen molar-refractivity contribution < 1.29 is 19.4 Å². The van der Waals surface area contributed by atoms with Gasteiger partial charge in [0, 0.05) is 6.42 Å². The molecule has 18 heavy (non-hydrogen) atoms. The molecular weight excluding hydrogens is 232 g/mol. The van der Waals surface area contributed by atoms with E-state index in [1.54, 1.807) is 0 Å². The summed E-state index contributed by atoms with van der Waals surface area (Å²) in [6.45, 7) is 2.45. The highest BCUT2D eigenvalue weighted by molar-refractivity contribution is 5.66. The zero-order chi connectivity index (χ0) is 13.0. The van der Waals surface area contributed by atoms with Crippen LogP contribution in [0.1, 0.15) is 44.1 Å². The summed E-state index contributed by atoms with van der Waals surface area (Å²) in [5.74, 6) is 1.31. The molecule has 4 nitrogen and oxygen atoms in total. The summed E-state index contributed by atoms with van der Waals surface area (Å²) in [6.07, 6.45) is 2.92. The molecule has 0 fully saturated rings. The molecule has 98 valence electrons. The molecule has 0 radical (unpaired) electrons. The molecule has 1 unspecified atom stereocenters. The Morgan fingerprint density at radius 3 is 2.89 bits per heavy atom. The second kappa shape index (κ2) is 5.76. The second-order valence-corrected chi connectivity index (χ2v) is 4.65. The van der Waals surface area contributed by atoms with Crippen LogP contribution < -0.4 is 9.47 Å². The first kappa shape index (κ1) is 12.7. The van der Waals surface area contributed by atoms with Crippen LogP contribution in [0.5, 0.6) is 11.5 Å². The molecule has 1 aliphatic heterocycles. The summed E-state index contributed by atoms with van der Waals surface area (Å²) >= 11 is 0. The average molecular weight is 250 g/mol. The Morgan fingerprint density at radius 2 is 2.11 bits per heavy atom. The Labute approximate surface area is 107 Å². The van der Waals surface area contributed by atoms with Crippen LogP contribution in [0, 0.1) is 0 Å². The minimum atomic E-state index is -0.717. The van der Waals surface area contributed by atoms with E-state index in [0.29, 0.717) is 12.7 Å². The van der Waals surface area contributed by atoms with Crippen LogP contribution in [-0.4, -0.2) is 17.9 Å². The minimum absolute atomic E-state index is 0.258. The molecule has 1 atom stereocenters. The topological polar surface area (TPSA) is 55.8 Å². The maximum Gasteiger partial charge on any atom is 0.303 e. The summed E-state index contributed by atoms with van der Waals surface area (Å²) in [6, 6.07) is 6.00. The molecule has 0 amide bonds. The third-order valence-corrected chi connectivity index (χ3v) is 3.24. The molecule has 1 aromatic rings. The quantitative estimate of drug-likeness (QED) is 0.788. The Balaban J connectivity index is 1.85. The molecule has 0 spiro atoms. The predicted octanol–water partition coefficient (Wildman–Crippen LogP) is 3.16. The molecule has 1 N–H and O–H groups in total. The van der Waals surface area contributed by atoms with Crippen LogP contribution in [-0.2, 0) is 4.79 Å². The molecule has 1 aromatic carbocycles. The summed E-state index contributed by atoms with van der Waals surface area (Å²) < 4.78 is 10.6. The highest BCUT2D eigenvalue weighted by atomic mass is 16.7. The van der Waals surface area contributed by atoms with Crippen LogP contribution >= 0.6 is 0 Å². The minimum Gasteiger partial charge on any atom is -0.481 e. The van der Waals surface area contributed by atoms with E-state index >= 15 is 0 Å². The lowest BCUT2D eigenvalue weighted by atomic mass is 9.95. The monoisotopic (exact) mass is 250 g/mol. The van der Waals surface area contributed by atoms with Crippen molar-refractivity contribution in [3.63, 3.8) is 0 Å². The molecule has 0 saturated heterocycles. The van der Waals surface area contributed by atoms with Crippen LogP contribution in [0.15, 0.2) is 18.2 Å². The Kier molecular flexibility index (Phi) is 4.07. The number of unbranched alkanes of at least 4 members (excludes halogenated alkanes) is 1. The first-order valence-corrected chi connectivity index (χ1v) is 6.28. The molecule has 2 rings (SSSR count). The van der Waals surface area contributed by atoms with Crippen molar-refractivity contribution in [3.05, 3.63) is 23.8 Å². The number of carboxylic acids is 1. The highest BCUT2D eigenvalue weighted by Gasteiger charge is 2.15. The first-order valence-electron chi connectivity index (χ1n) is 6.28. The number of ether oxygens (including phenoxy) is 2. The van der Waals surface area contributed by atoms with Crippen molar-refractivity contribution in [2.45, 2.75) is 38.5 Å². The van der Waals surface area contributed by atoms with E-state index < -0.39 is 5.97 Å². The van der Waals surface area contributed by atoms with Gasteiger partial charge in [0.05, 0.1) is 0 Å². The van der Waals surface area contributed by atoms with Gasteiger partial charge in [-0.15, -0.1) is 0 Å². The van der Waals surface area contributed by atoms with Gasteiger partial charge in [-0.2, -0.15) is 0 Å². The van der Waals surface area contributed by atoms with Gasteiger partial charge in [0.25, 0.3) is 0 Å². The summed E-state index contributed by atoms with van der Waals surface area (Å²) in [5, 5.41) is 8.57. The molecule has 0 saturated carbocycles. The second-order valence-electron chi connectivity index (χ2n) is 4.65. The van der Waals surface area contributed by atoms with Gasteiger partial charge in [-0.3, -0.25) is 4.79 Å². The van der Waals surface area contributed by atoms with E-state index in [1.807, 2.05) is 12.1 Å². The molecular formula is C14H18O4. The fraction of sp³-hybridized carbons (Fsp3) is 0.500. The average Bonchev–Trinajstić information content (AvgIpc) is 2.81. The van der Waals surface area contributed by atoms with Gasteiger partial charge in [-0.05, 0) is 36.5 Å². The van der Waals surface area contributed by atoms with Crippen molar-refractivity contribution in [2.24, 2.45) is 0 Å². The summed E-state index contributed by atoms with van der Waals surface area (Å²) in [5.41, 5.74) is 1.22. The lowest BCUT2D eigenvalue weighted by Crippen LogP contribution is -1.97. The van der Waals surface area contributed by atoms with Crippen LogP contribution in [0.4, 0.5) is 0 Å². The third kappa shape index (κ3) is 3.15. The van der Waals surface area contributed by atoms with E-state index in [4.69, 9.17) is 14.6 Å². The molecule has 0 bridgehead atoms. The zero-order valence-corrected chi connectivity index (χ0v) is 10.5. The lowest BCUT2D eigenvalue weighted by molar-refractivity contribution is -0.137. The SMILES string of the molecule is CC(CCCCC(=O)O)c1ccc2c(c1)OCO2. The molecule has 1 heterocycles. The summed E-state index contributed by atoms with van der Waals surface area (Å²) in [7, 11) is 0. The number of carboxylic acid groups (broad SMARTS) is 1. The largest absolute Gasteiger partial charge is 0.481 e. The number of aliphatic carboxylic acids is 1. The normalized spacial score (nSPS) is 14.5. The van der Waals surface area contributed by atoms with Crippen molar-refractivity contribution in [3.8, 4) is 11.5 Å². The fourth-order valence-electron chi connectivity index (χ4n) is 2.11. The van der Waals surface area contributed by atoms with E-state index in [9.17, 15) is 4.79 Å². The fourth-order valence-corrected chi connectivity index (χ4v) is 2.11. The van der Waals surface area contributed by atoms with Gasteiger partial charge in [0.1, 0.15) is 0 Å². The number of rotatable bonds is 6. The van der Waals surface area contributed by atoms with Gasteiger partial charge >= 0.3 is 5.97 Å². The van der Waals surface area contributed by atoms with Gasteiger partial charge in [-0.1, -0.05) is 19.4 Å². The van der Waals surface area contributed by atoms with E-state index in [-0.39, 0.29) is 6.42 Å².